The lowest BCUT2D eigenvalue weighted by atomic mass is 10.0. The molecule has 2 heterocycles. The minimum Gasteiger partial charge on any atom is -0.383 e. The predicted molar refractivity (Wildman–Crippen MR) is 130 cm³/mol. The Morgan fingerprint density at radius 2 is 1.91 bits per heavy atom. The highest BCUT2D eigenvalue weighted by Gasteiger charge is 2.28. The molecular weight excluding hydrogens is 440 g/mol. The molecule has 1 fully saturated rings. The Kier molecular flexibility index (Phi) is 8.82. The fraction of sp³-hybridized carbons (Fsp3) is 0.542. The van der Waals surface area contributed by atoms with E-state index in [0.717, 1.165) is 5.69 Å². The van der Waals surface area contributed by atoms with Crippen molar-refractivity contribution in [3.05, 3.63) is 45.9 Å². The Morgan fingerprint density at radius 1 is 1.24 bits per heavy atom. The first kappa shape index (κ1) is 25.1. The third-order valence-electron chi connectivity index (χ3n) is 5.48. The summed E-state index contributed by atoms with van der Waals surface area (Å²) in [4.78, 5) is 33.8. The van der Waals surface area contributed by atoms with E-state index in [9.17, 15) is 9.59 Å². The topological polar surface area (TPSA) is 84.0 Å². The molecule has 2 unspecified atom stereocenters. The first-order valence-corrected chi connectivity index (χ1v) is 12.2. The highest BCUT2D eigenvalue weighted by molar-refractivity contribution is 7.09. The molecule has 0 radical (unpaired) electrons. The number of hydrogen-bond acceptors (Lipinski definition) is 6. The molecule has 0 spiro atoms. The van der Waals surface area contributed by atoms with Gasteiger partial charge in [0.2, 0.25) is 0 Å². The van der Waals surface area contributed by atoms with Gasteiger partial charge in [-0.15, -0.1) is 11.3 Å². The van der Waals surface area contributed by atoms with Crippen LogP contribution in [-0.4, -0.2) is 72.3 Å². The normalized spacial score (nSPS) is 18.4. The largest absolute Gasteiger partial charge is 0.383 e. The second kappa shape index (κ2) is 11.6. The lowest BCUT2D eigenvalue weighted by Crippen LogP contribution is -2.48. The maximum absolute atomic E-state index is 12.9. The third-order valence-corrected chi connectivity index (χ3v) is 6.32. The van der Waals surface area contributed by atoms with Crippen molar-refractivity contribution in [2.45, 2.75) is 52.4 Å². The minimum atomic E-state index is -0.233. The van der Waals surface area contributed by atoms with Gasteiger partial charge in [0.25, 0.3) is 5.91 Å². The highest BCUT2D eigenvalue weighted by atomic mass is 32.1. The van der Waals surface area contributed by atoms with Crippen LogP contribution < -0.4 is 5.32 Å². The van der Waals surface area contributed by atoms with Gasteiger partial charge in [0.05, 0.1) is 25.4 Å². The molecule has 3 rings (SSSR count). The van der Waals surface area contributed by atoms with E-state index in [1.807, 2.05) is 38.1 Å². The first-order chi connectivity index (χ1) is 15.8. The Hall–Kier alpha value is -2.49. The maximum atomic E-state index is 12.9. The number of rotatable bonds is 8. The zero-order valence-electron chi connectivity index (χ0n) is 20.0. The summed E-state index contributed by atoms with van der Waals surface area (Å²) in [6, 6.07) is 7.62. The van der Waals surface area contributed by atoms with Crippen molar-refractivity contribution in [1.29, 1.82) is 0 Å². The first-order valence-electron chi connectivity index (χ1n) is 11.3. The standard InChI is InChI=1S/C24H34N4O4S/c1-16(2)19-6-8-20(9-7-19)25-24(30)27(10-11-31-5)14-22-26-21(15-33-22)23(29)28-12-17(3)32-18(4)13-28/h6-9,15-18H,10-14H2,1-5H3,(H,25,30). The number of nitrogens with zero attached hydrogens (tertiary/aromatic N) is 3. The van der Waals surface area contributed by atoms with Gasteiger partial charge in [-0.25, -0.2) is 9.78 Å². The lowest BCUT2D eigenvalue weighted by molar-refractivity contribution is -0.0587. The molecule has 2 atom stereocenters. The fourth-order valence-electron chi connectivity index (χ4n) is 3.76. The summed E-state index contributed by atoms with van der Waals surface area (Å²) in [5.41, 5.74) is 2.36. The number of thiazole rings is 1. The molecule has 180 valence electrons. The number of hydrogen-bond donors (Lipinski definition) is 1. The van der Waals surface area contributed by atoms with Crippen molar-refractivity contribution in [1.82, 2.24) is 14.8 Å². The summed E-state index contributed by atoms with van der Waals surface area (Å²) >= 11 is 1.38. The molecule has 1 saturated heterocycles. The van der Waals surface area contributed by atoms with Crippen molar-refractivity contribution in [3.63, 3.8) is 0 Å². The monoisotopic (exact) mass is 474 g/mol. The van der Waals surface area contributed by atoms with Crippen LogP contribution >= 0.6 is 11.3 Å². The fourth-order valence-corrected chi connectivity index (χ4v) is 4.54. The van der Waals surface area contributed by atoms with Gasteiger partial charge in [0.15, 0.2) is 0 Å². The van der Waals surface area contributed by atoms with Crippen LogP contribution in [0.25, 0.3) is 0 Å². The molecule has 0 saturated carbocycles. The average Bonchev–Trinajstić information content (AvgIpc) is 3.24. The van der Waals surface area contributed by atoms with Crippen LogP contribution in [0.15, 0.2) is 29.6 Å². The molecular formula is C24H34N4O4S. The van der Waals surface area contributed by atoms with Crippen LogP contribution in [-0.2, 0) is 16.0 Å². The number of nitrogens with one attached hydrogen (secondary N) is 1. The summed E-state index contributed by atoms with van der Waals surface area (Å²) in [5.74, 6) is 0.330. The number of anilines is 1. The van der Waals surface area contributed by atoms with Crippen LogP contribution in [0.3, 0.4) is 0 Å². The molecule has 33 heavy (non-hydrogen) atoms. The smallest absolute Gasteiger partial charge is 0.322 e. The van der Waals surface area contributed by atoms with E-state index in [-0.39, 0.29) is 24.1 Å². The number of benzene rings is 1. The third kappa shape index (κ3) is 6.99. The van der Waals surface area contributed by atoms with Crippen LogP contribution in [0.2, 0.25) is 0 Å². The molecule has 1 aromatic heterocycles. The summed E-state index contributed by atoms with van der Waals surface area (Å²) in [7, 11) is 1.60. The zero-order valence-corrected chi connectivity index (χ0v) is 20.9. The quantitative estimate of drug-likeness (QED) is 0.620. The number of morpholine rings is 1. The Bertz CT molecular complexity index is 921. The van der Waals surface area contributed by atoms with E-state index in [1.165, 1.54) is 16.9 Å². The predicted octanol–water partition coefficient (Wildman–Crippen LogP) is 4.20. The maximum Gasteiger partial charge on any atom is 0.322 e. The van der Waals surface area contributed by atoms with Gasteiger partial charge < -0.3 is 24.6 Å². The number of aromatic nitrogens is 1. The Labute approximate surface area is 199 Å². The average molecular weight is 475 g/mol. The van der Waals surface area contributed by atoms with Crippen molar-refractivity contribution in [2.24, 2.45) is 0 Å². The van der Waals surface area contributed by atoms with E-state index >= 15 is 0 Å². The number of methoxy groups -OCH3 is 1. The second-order valence-corrected chi connectivity index (χ2v) is 9.66. The van der Waals surface area contributed by atoms with E-state index in [0.29, 0.717) is 49.4 Å². The highest BCUT2D eigenvalue weighted by Crippen LogP contribution is 2.20. The molecule has 9 heteroatoms. The van der Waals surface area contributed by atoms with Gasteiger partial charge in [-0.1, -0.05) is 26.0 Å². The van der Waals surface area contributed by atoms with Crippen molar-refractivity contribution < 1.29 is 19.1 Å². The van der Waals surface area contributed by atoms with Crippen LogP contribution in [0.1, 0.15) is 54.7 Å². The van der Waals surface area contributed by atoms with Gasteiger partial charge in [-0.2, -0.15) is 0 Å². The van der Waals surface area contributed by atoms with Crippen molar-refractivity contribution in [3.8, 4) is 0 Å². The summed E-state index contributed by atoms with van der Waals surface area (Å²) in [6.45, 7) is 10.4. The molecule has 1 aromatic carbocycles. The number of urea groups is 1. The van der Waals surface area contributed by atoms with E-state index < -0.39 is 0 Å². The second-order valence-electron chi connectivity index (χ2n) is 8.72. The minimum absolute atomic E-state index is 0.00126. The molecule has 1 N–H and O–H groups in total. The summed E-state index contributed by atoms with van der Waals surface area (Å²) < 4.78 is 10.9. The van der Waals surface area contributed by atoms with Gasteiger partial charge in [0.1, 0.15) is 10.7 Å². The Balaban J connectivity index is 1.65. The summed E-state index contributed by atoms with van der Waals surface area (Å²) in [6.07, 6.45) is -0.00252. The molecule has 8 nitrogen and oxygen atoms in total. The van der Waals surface area contributed by atoms with E-state index in [1.54, 1.807) is 22.3 Å². The number of ether oxygens (including phenoxy) is 2. The molecule has 0 bridgehead atoms. The Morgan fingerprint density at radius 3 is 2.52 bits per heavy atom. The van der Waals surface area contributed by atoms with E-state index in [4.69, 9.17) is 9.47 Å². The number of carbonyl (C=O) groups excluding carboxylic acids is 2. The van der Waals surface area contributed by atoms with Gasteiger partial charge in [0, 0.05) is 37.8 Å². The zero-order chi connectivity index (χ0) is 24.0. The summed E-state index contributed by atoms with van der Waals surface area (Å²) in [5, 5.41) is 5.41. The number of carbonyl (C=O) groups is 2. The molecule has 1 aliphatic heterocycles. The van der Waals surface area contributed by atoms with Crippen molar-refractivity contribution in [2.75, 3.05) is 38.7 Å². The lowest BCUT2D eigenvalue weighted by Gasteiger charge is -2.34. The SMILES string of the molecule is COCCN(Cc1nc(C(=O)N2CC(C)OC(C)C2)cs1)C(=O)Nc1ccc(C(C)C)cc1. The van der Waals surface area contributed by atoms with Crippen LogP contribution in [0, 0.1) is 0 Å². The van der Waals surface area contributed by atoms with Gasteiger partial charge >= 0.3 is 6.03 Å². The molecule has 1 aliphatic rings. The molecule has 0 aliphatic carbocycles. The molecule has 3 amide bonds. The molecule has 2 aromatic rings. The van der Waals surface area contributed by atoms with Crippen molar-refractivity contribution >= 4 is 29.0 Å². The van der Waals surface area contributed by atoms with Crippen LogP contribution in [0.4, 0.5) is 10.5 Å². The number of amides is 3. The van der Waals surface area contributed by atoms with E-state index in [2.05, 4.69) is 24.1 Å². The van der Waals surface area contributed by atoms with Gasteiger partial charge in [-0.05, 0) is 37.5 Å². The van der Waals surface area contributed by atoms with Gasteiger partial charge in [-0.3, -0.25) is 4.79 Å². The van der Waals surface area contributed by atoms with Crippen LogP contribution in [0.5, 0.6) is 0 Å².